The molecule has 0 aromatic heterocycles. The molecule has 164 valence electrons. The second kappa shape index (κ2) is 4.69. The molecule has 3 N–H and O–H groups in total. The summed E-state index contributed by atoms with van der Waals surface area (Å²) in [6, 6.07) is 0. The highest BCUT2D eigenvalue weighted by Gasteiger charge is 3.02. The Hall–Kier alpha value is -1.75. The number of ether oxygens (including phenoxy) is 4. The number of aliphatic hydroxyl groups excluding tert-OH is 2. The zero-order chi connectivity index (χ0) is 21.8. The van der Waals surface area contributed by atoms with E-state index in [0.29, 0.717) is 0 Å². The molecule has 10 nitrogen and oxygen atoms in total. The van der Waals surface area contributed by atoms with E-state index in [0.717, 1.165) is 0 Å². The second-order valence-electron chi connectivity index (χ2n) is 10.7. The largest absolute Gasteiger partial charge is 0.459 e. The highest BCUT2D eigenvalue weighted by molar-refractivity contribution is 5.93. The molecule has 30 heavy (non-hydrogen) atoms. The normalized spacial score (nSPS) is 60.1. The quantitative estimate of drug-likeness (QED) is 0.314. The molecule has 4 saturated heterocycles. The number of hydrogen-bond acceptors (Lipinski definition) is 10. The summed E-state index contributed by atoms with van der Waals surface area (Å²) in [4.78, 5) is 38.2. The average molecular weight is 424 g/mol. The standard InChI is InChI=1S/C20H24O10/c1-6-12(23)27-7-5-17-11-8(21)9(16(2,3)4)18(17)10(22)13(24)29-15(18)30-20(17,14(25)28-11)19(6,7)26/h6-11,15,21-22,26H,5H2,1-4H3/t6-,7-,8+,9?,10-,11+,15?,17?,18?,19+,20+/m0/s1. The molecule has 10 heteroatoms. The lowest BCUT2D eigenvalue weighted by Crippen LogP contribution is -2.66. The van der Waals surface area contributed by atoms with Crippen molar-refractivity contribution in [3.63, 3.8) is 0 Å². The fraction of sp³-hybridized carbons (Fsp3) is 0.850. The molecule has 0 aromatic rings. The van der Waals surface area contributed by atoms with Crippen LogP contribution in [0.2, 0.25) is 0 Å². The van der Waals surface area contributed by atoms with Crippen LogP contribution >= 0.6 is 0 Å². The van der Waals surface area contributed by atoms with Gasteiger partial charge in [-0.25, -0.2) is 9.59 Å². The Morgan fingerprint density at radius 2 is 1.70 bits per heavy atom. The van der Waals surface area contributed by atoms with Gasteiger partial charge in [-0.15, -0.1) is 0 Å². The maximum absolute atomic E-state index is 13.4. The third-order valence-electron chi connectivity index (χ3n) is 8.91. The molecule has 0 bridgehead atoms. The molecular formula is C20H24O10. The second-order valence-corrected chi connectivity index (χ2v) is 10.7. The summed E-state index contributed by atoms with van der Waals surface area (Å²) in [5, 5.41) is 34.4. The SMILES string of the molecule is C[C@H]1C(=O)O[C@H]2CC34[C@@H]5OC(=O)[C@]3(OC3OC(=O)[C@H](O)C34C(C(C)(C)C)[C@H]5O)[C@]21O. The highest BCUT2D eigenvalue weighted by Crippen LogP contribution is 2.84. The van der Waals surface area contributed by atoms with Gasteiger partial charge < -0.3 is 34.3 Å². The van der Waals surface area contributed by atoms with Crippen LogP contribution in [0, 0.1) is 28.1 Å². The summed E-state index contributed by atoms with van der Waals surface area (Å²) in [7, 11) is 0. The minimum absolute atomic E-state index is 0.107. The zero-order valence-electron chi connectivity index (χ0n) is 16.9. The van der Waals surface area contributed by atoms with Gasteiger partial charge in [-0.05, 0) is 12.3 Å². The van der Waals surface area contributed by atoms with Crippen LogP contribution < -0.4 is 0 Å². The maximum Gasteiger partial charge on any atom is 0.342 e. The minimum Gasteiger partial charge on any atom is -0.459 e. The molecule has 0 amide bonds. The molecule has 4 aliphatic heterocycles. The van der Waals surface area contributed by atoms with Crippen molar-refractivity contribution in [2.24, 2.45) is 28.1 Å². The van der Waals surface area contributed by atoms with Crippen molar-refractivity contribution >= 4 is 17.9 Å². The van der Waals surface area contributed by atoms with Crippen LogP contribution in [-0.2, 0) is 33.3 Å². The third kappa shape index (κ3) is 1.35. The van der Waals surface area contributed by atoms with E-state index in [9.17, 15) is 29.7 Å². The molecule has 2 saturated carbocycles. The van der Waals surface area contributed by atoms with Crippen LogP contribution in [0.15, 0.2) is 0 Å². The van der Waals surface area contributed by atoms with Crippen LogP contribution in [0.5, 0.6) is 0 Å². The summed E-state index contributed by atoms with van der Waals surface area (Å²) >= 11 is 0. The van der Waals surface area contributed by atoms with Gasteiger partial charge >= 0.3 is 17.9 Å². The lowest BCUT2D eigenvalue weighted by atomic mass is 9.51. The predicted octanol–water partition coefficient (Wildman–Crippen LogP) is -1.37. The highest BCUT2D eigenvalue weighted by atomic mass is 16.8. The number of hydrogen-bond donors (Lipinski definition) is 3. The molecular weight excluding hydrogens is 400 g/mol. The van der Waals surface area contributed by atoms with Crippen LogP contribution in [-0.4, -0.2) is 75.1 Å². The number of fused-ring (bicyclic) bond motifs is 1. The first kappa shape index (κ1) is 19.0. The van der Waals surface area contributed by atoms with Gasteiger partial charge in [-0.3, -0.25) is 4.79 Å². The maximum atomic E-state index is 13.4. The van der Waals surface area contributed by atoms with Crippen LogP contribution in [0.4, 0.5) is 0 Å². The number of rotatable bonds is 0. The molecule has 2 aliphatic carbocycles. The summed E-state index contributed by atoms with van der Waals surface area (Å²) in [6.45, 7) is 6.97. The molecule has 4 unspecified atom stereocenters. The van der Waals surface area contributed by atoms with Gasteiger partial charge in [0.05, 0.1) is 22.9 Å². The van der Waals surface area contributed by atoms with E-state index in [1.807, 2.05) is 20.8 Å². The zero-order valence-corrected chi connectivity index (χ0v) is 16.9. The third-order valence-corrected chi connectivity index (χ3v) is 8.91. The average Bonchev–Trinajstić information content (AvgIpc) is 3.32. The molecule has 0 aromatic carbocycles. The van der Waals surface area contributed by atoms with Gasteiger partial charge in [0.15, 0.2) is 11.7 Å². The monoisotopic (exact) mass is 424 g/mol. The van der Waals surface area contributed by atoms with Gasteiger partial charge in [0.1, 0.15) is 12.2 Å². The van der Waals surface area contributed by atoms with Crippen molar-refractivity contribution < 1.29 is 48.7 Å². The summed E-state index contributed by atoms with van der Waals surface area (Å²) < 4.78 is 22.6. The summed E-state index contributed by atoms with van der Waals surface area (Å²) in [5.74, 6) is -4.43. The van der Waals surface area contributed by atoms with E-state index >= 15 is 0 Å². The van der Waals surface area contributed by atoms with E-state index in [1.165, 1.54) is 6.92 Å². The Labute approximate surface area is 171 Å². The van der Waals surface area contributed by atoms with Gasteiger partial charge in [-0.1, -0.05) is 20.8 Å². The number of carbonyl (C=O) groups is 3. The molecule has 6 aliphatic rings. The van der Waals surface area contributed by atoms with Crippen molar-refractivity contribution in [1.29, 1.82) is 0 Å². The van der Waals surface area contributed by atoms with Gasteiger partial charge in [0, 0.05) is 12.3 Å². The Morgan fingerprint density at radius 1 is 1.03 bits per heavy atom. The fourth-order valence-electron chi connectivity index (χ4n) is 8.22. The first-order chi connectivity index (χ1) is 13.8. The van der Waals surface area contributed by atoms with Crippen LogP contribution in [0.1, 0.15) is 34.1 Å². The first-order valence-electron chi connectivity index (χ1n) is 10.2. The van der Waals surface area contributed by atoms with Gasteiger partial charge in [0.2, 0.25) is 11.9 Å². The van der Waals surface area contributed by atoms with Crippen molar-refractivity contribution in [1.82, 2.24) is 0 Å². The van der Waals surface area contributed by atoms with Crippen molar-refractivity contribution in [2.45, 2.75) is 76.0 Å². The molecule has 4 heterocycles. The molecule has 6 rings (SSSR count). The van der Waals surface area contributed by atoms with E-state index in [4.69, 9.17) is 18.9 Å². The first-order valence-corrected chi connectivity index (χ1v) is 10.2. The Balaban J connectivity index is 1.71. The Kier molecular flexibility index (Phi) is 2.97. The number of esters is 3. The van der Waals surface area contributed by atoms with E-state index in [-0.39, 0.29) is 6.42 Å². The summed E-state index contributed by atoms with van der Waals surface area (Å²) in [5.41, 5.74) is -7.95. The Bertz CT molecular complexity index is 925. The summed E-state index contributed by atoms with van der Waals surface area (Å²) in [6.07, 6.45) is -6.73. The Morgan fingerprint density at radius 3 is 2.33 bits per heavy atom. The van der Waals surface area contributed by atoms with Crippen LogP contribution in [0.25, 0.3) is 0 Å². The van der Waals surface area contributed by atoms with Crippen molar-refractivity contribution in [3.8, 4) is 0 Å². The van der Waals surface area contributed by atoms with E-state index in [2.05, 4.69) is 0 Å². The van der Waals surface area contributed by atoms with E-state index < -0.39 is 87.9 Å². The van der Waals surface area contributed by atoms with Crippen molar-refractivity contribution in [2.75, 3.05) is 0 Å². The number of aliphatic hydroxyl groups is 3. The lowest BCUT2D eigenvalue weighted by molar-refractivity contribution is -0.239. The van der Waals surface area contributed by atoms with Gasteiger partial charge in [0.25, 0.3) is 0 Å². The molecule has 0 radical (unpaired) electrons. The molecule has 11 atom stereocenters. The lowest BCUT2D eigenvalue weighted by Gasteiger charge is -2.46. The van der Waals surface area contributed by atoms with Gasteiger partial charge in [-0.2, -0.15) is 0 Å². The fourth-order valence-corrected chi connectivity index (χ4v) is 8.22. The van der Waals surface area contributed by atoms with Crippen LogP contribution in [0.3, 0.4) is 0 Å². The topological polar surface area (TPSA) is 149 Å². The minimum atomic E-state index is -2.12. The van der Waals surface area contributed by atoms with E-state index in [1.54, 1.807) is 0 Å². The smallest absolute Gasteiger partial charge is 0.342 e. The predicted molar refractivity (Wildman–Crippen MR) is 92.0 cm³/mol. The molecule has 6 fully saturated rings. The van der Waals surface area contributed by atoms with Crippen molar-refractivity contribution in [3.05, 3.63) is 0 Å². The molecule has 2 spiro atoms. The number of carbonyl (C=O) groups excluding carboxylic acids is 3.